The number of hydrogen-bond donors (Lipinski definition) is 2. The third kappa shape index (κ3) is 3.05. The van der Waals surface area contributed by atoms with E-state index in [0.717, 1.165) is 12.1 Å². The molecular formula is C10H7ClF3N3O2S. The van der Waals surface area contributed by atoms with Crippen molar-refractivity contribution in [1.82, 2.24) is 10.2 Å². The fraction of sp³-hybridized carbons (Fsp3) is 0.100. The van der Waals surface area contributed by atoms with Crippen LogP contribution in [0.3, 0.4) is 0 Å². The molecule has 10 heteroatoms. The topological polar surface area (TPSA) is 74.8 Å². The molecule has 2 rings (SSSR count). The van der Waals surface area contributed by atoms with E-state index in [0.29, 0.717) is 6.07 Å². The third-order valence-corrected chi connectivity index (χ3v) is 3.93. The Kier molecular flexibility index (Phi) is 3.65. The molecule has 0 saturated carbocycles. The first-order chi connectivity index (χ1) is 9.20. The van der Waals surface area contributed by atoms with E-state index in [9.17, 15) is 21.6 Å². The summed E-state index contributed by atoms with van der Waals surface area (Å²) in [6.45, 7) is 0. The van der Waals surface area contributed by atoms with Crippen LogP contribution >= 0.6 is 11.6 Å². The molecule has 1 heterocycles. The Morgan fingerprint density at radius 3 is 2.50 bits per heavy atom. The number of anilines is 1. The number of H-pyrrole nitrogens is 1. The Labute approximate surface area is 116 Å². The number of halogens is 4. The molecule has 1 aromatic heterocycles. The molecule has 108 valence electrons. The van der Waals surface area contributed by atoms with Crippen molar-refractivity contribution >= 4 is 27.3 Å². The summed E-state index contributed by atoms with van der Waals surface area (Å²) in [7, 11) is -4.02. The molecule has 1 aromatic carbocycles. The predicted molar refractivity (Wildman–Crippen MR) is 65.9 cm³/mol. The molecule has 0 atom stereocenters. The maximum atomic E-state index is 12.7. The lowest BCUT2D eigenvalue weighted by Gasteiger charge is -2.12. The Morgan fingerprint density at radius 2 is 1.95 bits per heavy atom. The van der Waals surface area contributed by atoms with Crippen LogP contribution in [0.1, 0.15) is 5.56 Å². The van der Waals surface area contributed by atoms with Crippen LogP contribution in [-0.2, 0) is 16.2 Å². The highest BCUT2D eigenvalue weighted by atomic mass is 35.5. The lowest BCUT2D eigenvalue weighted by atomic mass is 10.2. The minimum absolute atomic E-state index is 0.253. The van der Waals surface area contributed by atoms with Crippen molar-refractivity contribution in [2.24, 2.45) is 0 Å². The quantitative estimate of drug-likeness (QED) is 0.911. The fourth-order valence-electron chi connectivity index (χ4n) is 1.41. The fourth-order valence-corrected chi connectivity index (χ4v) is 2.59. The zero-order chi connectivity index (χ0) is 15.0. The number of benzene rings is 1. The van der Waals surface area contributed by atoms with E-state index < -0.39 is 26.8 Å². The van der Waals surface area contributed by atoms with Gasteiger partial charge >= 0.3 is 6.18 Å². The molecule has 5 nitrogen and oxygen atoms in total. The van der Waals surface area contributed by atoms with Gasteiger partial charge in [-0.25, -0.2) is 0 Å². The maximum Gasteiger partial charge on any atom is 0.417 e. The average Bonchev–Trinajstić information content (AvgIpc) is 2.84. The third-order valence-electron chi connectivity index (χ3n) is 2.29. The van der Waals surface area contributed by atoms with Crippen molar-refractivity contribution in [2.75, 3.05) is 4.72 Å². The molecule has 0 spiro atoms. The summed E-state index contributed by atoms with van der Waals surface area (Å²) in [6.07, 6.45) is -3.47. The van der Waals surface area contributed by atoms with Gasteiger partial charge in [0.1, 0.15) is 0 Å². The first kappa shape index (κ1) is 14.7. The molecule has 0 aliphatic heterocycles. The summed E-state index contributed by atoms with van der Waals surface area (Å²) in [5, 5.41) is 4.89. The van der Waals surface area contributed by atoms with Gasteiger partial charge in [0.2, 0.25) is 0 Å². The molecule has 2 N–H and O–H groups in total. The number of sulfonamides is 1. The van der Waals surface area contributed by atoms with Crippen LogP contribution in [-0.4, -0.2) is 18.6 Å². The normalized spacial score (nSPS) is 12.4. The smallest absolute Gasteiger partial charge is 0.278 e. The van der Waals surface area contributed by atoms with E-state index in [2.05, 4.69) is 10.2 Å². The summed E-state index contributed by atoms with van der Waals surface area (Å²) in [5.74, 6) is 0. The van der Waals surface area contributed by atoms with Crippen LogP contribution < -0.4 is 4.72 Å². The second-order valence-electron chi connectivity index (χ2n) is 3.72. The summed E-state index contributed by atoms with van der Waals surface area (Å²) in [4.78, 5) is 0. The number of alkyl halides is 3. The van der Waals surface area contributed by atoms with Gasteiger partial charge in [-0.05, 0) is 24.3 Å². The van der Waals surface area contributed by atoms with Crippen molar-refractivity contribution in [3.63, 3.8) is 0 Å². The van der Waals surface area contributed by atoms with Gasteiger partial charge in [-0.1, -0.05) is 11.6 Å². The second-order valence-corrected chi connectivity index (χ2v) is 5.78. The van der Waals surface area contributed by atoms with Crippen molar-refractivity contribution in [2.45, 2.75) is 11.2 Å². The highest BCUT2D eigenvalue weighted by Crippen LogP contribution is 2.36. The number of nitrogens with one attached hydrogen (secondary N) is 2. The maximum absolute atomic E-state index is 12.7. The van der Waals surface area contributed by atoms with Crippen LogP contribution in [0.25, 0.3) is 0 Å². The Morgan fingerprint density at radius 1 is 1.25 bits per heavy atom. The molecular weight excluding hydrogens is 319 g/mol. The van der Waals surface area contributed by atoms with Crippen LogP contribution in [0.4, 0.5) is 18.9 Å². The van der Waals surface area contributed by atoms with E-state index in [1.165, 1.54) is 12.3 Å². The number of nitrogens with zero attached hydrogens (tertiary/aromatic N) is 1. The van der Waals surface area contributed by atoms with Gasteiger partial charge in [-0.3, -0.25) is 9.82 Å². The SMILES string of the molecule is O=S(=O)(Nc1ccc(Cl)c(C(F)(F)F)c1)c1ccn[nH]1. The molecule has 0 aliphatic carbocycles. The molecule has 0 radical (unpaired) electrons. The largest absolute Gasteiger partial charge is 0.417 e. The molecule has 0 bridgehead atoms. The number of aromatic nitrogens is 2. The van der Waals surface area contributed by atoms with Gasteiger partial charge in [0.15, 0.2) is 5.03 Å². The van der Waals surface area contributed by atoms with E-state index in [-0.39, 0.29) is 10.7 Å². The first-order valence-corrected chi connectivity index (χ1v) is 6.95. The Hall–Kier alpha value is -1.74. The van der Waals surface area contributed by atoms with Crippen LogP contribution in [0.5, 0.6) is 0 Å². The summed E-state index contributed by atoms with van der Waals surface area (Å²) in [6, 6.07) is 3.89. The highest BCUT2D eigenvalue weighted by molar-refractivity contribution is 7.92. The van der Waals surface area contributed by atoms with Crippen LogP contribution in [0.15, 0.2) is 35.5 Å². The molecule has 0 saturated heterocycles. The monoisotopic (exact) mass is 325 g/mol. The van der Waals surface area contributed by atoms with Gasteiger partial charge in [0.05, 0.1) is 16.8 Å². The first-order valence-electron chi connectivity index (χ1n) is 5.09. The standard InChI is InChI=1S/C10H7ClF3N3O2S/c11-8-2-1-6(5-7(8)10(12,13)14)17-20(18,19)9-3-4-15-16-9/h1-5,17H,(H,15,16). The van der Waals surface area contributed by atoms with Gasteiger partial charge in [-0.2, -0.15) is 26.7 Å². The van der Waals surface area contributed by atoms with Crippen molar-refractivity contribution < 1.29 is 21.6 Å². The van der Waals surface area contributed by atoms with E-state index in [1.807, 2.05) is 4.72 Å². The molecule has 0 amide bonds. The average molecular weight is 326 g/mol. The zero-order valence-corrected chi connectivity index (χ0v) is 11.1. The lowest BCUT2D eigenvalue weighted by molar-refractivity contribution is -0.137. The summed E-state index contributed by atoms with van der Waals surface area (Å²) >= 11 is 5.44. The molecule has 0 unspecified atom stereocenters. The zero-order valence-electron chi connectivity index (χ0n) is 9.57. The Bertz CT molecular complexity index is 714. The molecule has 0 fully saturated rings. The van der Waals surface area contributed by atoms with Gasteiger partial charge in [0.25, 0.3) is 10.0 Å². The minimum atomic E-state index is -4.67. The van der Waals surface area contributed by atoms with Crippen LogP contribution in [0.2, 0.25) is 5.02 Å². The van der Waals surface area contributed by atoms with Gasteiger partial charge < -0.3 is 0 Å². The Balaban J connectivity index is 2.36. The van der Waals surface area contributed by atoms with Crippen LogP contribution in [0, 0.1) is 0 Å². The number of hydrogen-bond acceptors (Lipinski definition) is 3. The molecule has 0 aliphatic rings. The lowest BCUT2D eigenvalue weighted by Crippen LogP contribution is -2.14. The van der Waals surface area contributed by atoms with Crippen molar-refractivity contribution in [3.8, 4) is 0 Å². The van der Waals surface area contributed by atoms with E-state index >= 15 is 0 Å². The number of aromatic amines is 1. The van der Waals surface area contributed by atoms with Gasteiger partial charge in [-0.15, -0.1) is 0 Å². The second kappa shape index (κ2) is 4.98. The van der Waals surface area contributed by atoms with E-state index in [4.69, 9.17) is 11.6 Å². The highest BCUT2D eigenvalue weighted by Gasteiger charge is 2.33. The predicted octanol–water partition coefficient (Wildman–Crippen LogP) is 2.88. The van der Waals surface area contributed by atoms with Gasteiger partial charge in [0, 0.05) is 5.69 Å². The minimum Gasteiger partial charge on any atom is -0.278 e. The summed E-state index contributed by atoms with van der Waals surface area (Å²) in [5.41, 5.74) is -1.37. The van der Waals surface area contributed by atoms with Crippen molar-refractivity contribution in [1.29, 1.82) is 0 Å². The van der Waals surface area contributed by atoms with E-state index in [1.54, 1.807) is 0 Å². The summed E-state index contributed by atoms with van der Waals surface area (Å²) < 4.78 is 63.6. The molecule has 2 aromatic rings. The number of rotatable bonds is 3. The van der Waals surface area contributed by atoms with Crippen molar-refractivity contribution in [3.05, 3.63) is 41.0 Å². The molecule has 20 heavy (non-hydrogen) atoms.